The number of nitrogens with zero attached hydrogens (tertiary/aromatic N) is 1. The van der Waals surface area contributed by atoms with Crippen molar-refractivity contribution >= 4 is 23.4 Å². The maximum absolute atomic E-state index is 9.06. The van der Waals surface area contributed by atoms with Crippen molar-refractivity contribution in [1.82, 2.24) is 0 Å². The molecule has 0 heterocycles. The summed E-state index contributed by atoms with van der Waals surface area (Å²) < 4.78 is -0.159. The van der Waals surface area contributed by atoms with Crippen LogP contribution in [-0.4, -0.2) is 4.75 Å². The lowest BCUT2D eigenvalue weighted by atomic mass is 9.86. The van der Waals surface area contributed by atoms with Crippen molar-refractivity contribution < 1.29 is 0 Å². The van der Waals surface area contributed by atoms with Crippen LogP contribution in [0.1, 0.15) is 19.3 Å². The Morgan fingerprint density at radius 3 is 2.36 bits per heavy atom. The highest BCUT2D eigenvalue weighted by Gasteiger charge is 2.38. The van der Waals surface area contributed by atoms with Gasteiger partial charge in [0.05, 0.1) is 6.07 Å². The van der Waals surface area contributed by atoms with E-state index in [1.807, 2.05) is 24.3 Å². The van der Waals surface area contributed by atoms with Crippen molar-refractivity contribution in [3.05, 3.63) is 29.3 Å². The maximum atomic E-state index is 9.06. The molecule has 1 nitrogen and oxygen atoms in total. The van der Waals surface area contributed by atoms with Gasteiger partial charge in [0.1, 0.15) is 4.75 Å². The van der Waals surface area contributed by atoms with Crippen LogP contribution in [0.3, 0.4) is 0 Å². The minimum Gasteiger partial charge on any atom is -0.197 e. The summed E-state index contributed by atoms with van der Waals surface area (Å²) in [5.41, 5.74) is 0. The van der Waals surface area contributed by atoms with Crippen LogP contribution in [0.25, 0.3) is 0 Å². The van der Waals surface area contributed by atoms with Gasteiger partial charge < -0.3 is 0 Å². The van der Waals surface area contributed by atoms with Gasteiger partial charge in [-0.05, 0) is 43.5 Å². The molecule has 1 aliphatic carbocycles. The van der Waals surface area contributed by atoms with Gasteiger partial charge in [0.25, 0.3) is 0 Å². The highest BCUT2D eigenvalue weighted by atomic mass is 35.5. The summed E-state index contributed by atoms with van der Waals surface area (Å²) in [7, 11) is 0. The topological polar surface area (TPSA) is 23.8 Å². The fourth-order valence-corrected chi connectivity index (χ4v) is 2.85. The molecule has 0 saturated heterocycles. The molecule has 14 heavy (non-hydrogen) atoms. The first-order valence-electron chi connectivity index (χ1n) is 4.60. The molecule has 0 unspecified atom stereocenters. The summed E-state index contributed by atoms with van der Waals surface area (Å²) in [4.78, 5) is 1.13. The predicted octanol–water partition coefficient (Wildman–Crippen LogP) is 3.88. The summed E-state index contributed by atoms with van der Waals surface area (Å²) in [6, 6.07) is 10.1. The number of benzene rings is 1. The lowest BCUT2D eigenvalue weighted by molar-refractivity contribution is 0.440. The molecule has 1 fully saturated rings. The largest absolute Gasteiger partial charge is 0.197 e. The zero-order valence-corrected chi connectivity index (χ0v) is 9.24. The molecule has 1 aliphatic rings. The van der Waals surface area contributed by atoms with E-state index in [-0.39, 0.29) is 4.75 Å². The maximum Gasteiger partial charge on any atom is 0.107 e. The summed E-state index contributed by atoms with van der Waals surface area (Å²) in [5.74, 6) is 0. The van der Waals surface area contributed by atoms with Crippen molar-refractivity contribution in [1.29, 1.82) is 5.26 Å². The number of hydrogen-bond donors (Lipinski definition) is 0. The molecule has 1 aromatic rings. The van der Waals surface area contributed by atoms with Gasteiger partial charge in [-0.25, -0.2) is 0 Å². The fraction of sp³-hybridized carbons (Fsp3) is 0.364. The molecule has 0 atom stereocenters. The van der Waals surface area contributed by atoms with E-state index in [0.717, 1.165) is 22.8 Å². The molecule has 1 saturated carbocycles. The van der Waals surface area contributed by atoms with E-state index in [4.69, 9.17) is 16.9 Å². The second-order valence-corrected chi connectivity index (χ2v) is 5.41. The van der Waals surface area contributed by atoms with Gasteiger partial charge in [-0.1, -0.05) is 11.6 Å². The third-order valence-electron chi connectivity index (χ3n) is 2.49. The lowest BCUT2D eigenvalue weighted by Crippen LogP contribution is -2.30. The third kappa shape index (κ3) is 1.89. The highest BCUT2D eigenvalue weighted by Crippen LogP contribution is 2.47. The van der Waals surface area contributed by atoms with E-state index in [0.29, 0.717) is 0 Å². The second-order valence-electron chi connectivity index (χ2n) is 3.52. The SMILES string of the molecule is N#CC1(Sc2ccc(Cl)cc2)CCC1. The van der Waals surface area contributed by atoms with Crippen molar-refractivity contribution in [3.63, 3.8) is 0 Å². The Labute approximate surface area is 93.1 Å². The molecule has 0 radical (unpaired) electrons. The smallest absolute Gasteiger partial charge is 0.107 e. The molecule has 0 aliphatic heterocycles. The fourth-order valence-electron chi connectivity index (χ4n) is 1.46. The van der Waals surface area contributed by atoms with Gasteiger partial charge in [0.2, 0.25) is 0 Å². The van der Waals surface area contributed by atoms with Crippen molar-refractivity contribution in [3.8, 4) is 6.07 Å². The molecule has 0 amide bonds. The van der Waals surface area contributed by atoms with E-state index >= 15 is 0 Å². The van der Waals surface area contributed by atoms with Gasteiger partial charge in [0.15, 0.2) is 0 Å². The van der Waals surface area contributed by atoms with Crippen LogP contribution in [0.2, 0.25) is 5.02 Å². The molecule has 0 spiro atoms. The van der Waals surface area contributed by atoms with Gasteiger partial charge in [-0.2, -0.15) is 5.26 Å². The van der Waals surface area contributed by atoms with Crippen LogP contribution in [-0.2, 0) is 0 Å². The predicted molar refractivity (Wildman–Crippen MR) is 59.5 cm³/mol. The average molecular weight is 224 g/mol. The van der Waals surface area contributed by atoms with Crippen molar-refractivity contribution in [2.24, 2.45) is 0 Å². The highest BCUT2D eigenvalue weighted by molar-refractivity contribution is 8.01. The number of thioether (sulfide) groups is 1. The summed E-state index contributed by atoms with van der Waals surface area (Å²) in [6.07, 6.45) is 3.20. The lowest BCUT2D eigenvalue weighted by Gasteiger charge is -2.34. The quantitative estimate of drug-likeness (QED) is 0.760. The first-order valence-corrected chi connectivity index (χ1v) is 5.79. The Kier molecular flexibility index (Phi) is 2.71. The first kappa shape index (κ1) is 9.89. The Bertz CT molecular complexity index is 362. The van der Waals surface area contributed by atoms with Crippen LogP contribution in [0.4, 0.5) is 0 Å². The molecule has 3 heteroatoms. The molecule has 0 N–H and O–H groups in total. The van der Waals surface area contributed by atoms with E-state index in [1.54, 1.807) is 11.8 Å². The number of halogens is 1. The number of hydrogen-bond acceptors (Lipinski definition) is 2. The van der Waals surface area contributed by atoms with E-state index in [9.17, 15) is 0 Å². The summed E-state index contributed by atoms with van der Waals surface area (Å²) >= 11 is 7.46. The Hall–Kier alpha value is -0.650. The van der Waals surface area contributed by atoms with Crippen molar-refractivity contribution in [2.45, 2.75) is 28.9 Å². The van der Waals surface area contributed by atoms with Gasteiger partial charge in [-0.3, -0.25) is 0 Å². The van der Waals surface area contributed by atoms with Gasteiger partial charge in [0, 0.05) is 9.92 Å². The minimum atomic E-state index is -0.159. The number of rotatable bonds is 2. The zero-order chi connectivity index (χ0) is 10.0. The molecule has 72 valence electrons. The normalized spacial score (nSPS) is 18.3. The Balaban J connectivity index is 2.11. The molecule has 2 rings (SSSR count). The second kappa shape index (κ2) is 3.84. The molecule has 0 bridgehead atoms. The van der Waals surface area contributed by atoms with Crippen molar-refractivity contribution in [2.75, 3.05) is 0 Å². The zero-order valence-electron chi connectivity index (χ0n) is 7.66. The van der Waals surface area contributed by atoms with E-state index in [2.05, 4.69) is 6.07 Å². The van der Waals surface area contributed by atoms with Crippen LogP contribution in [0.15, 0.2) is 29.2 Å². The number of nitriles is 1. The summed E-state index contributed by atoms with van der Waals surface area (Å²) in [5, 5.41) is 9.80. The Morgan fingerprint density at radius 1 is 1.29 bits per heavy atom. The van der Waals surface area contributed by atoms with Crippen LogP contribution < -0.4 is 0 Å². The first-order chi connectivity index (χ1) is 6.74. The third-order valence-corrected chi connectivity index (χ3v) is 4.14. The molecule has 1 aromatic carbocycles. The minimum absolute atomic E-state index is 0.159. The summed E-state index contributed by atoms with van der Waals surface area (Å²) in [6.45, 7) is 0. The standard InChI is InChI=1S/C11H10ClNS/c12-9-2-4-10(5-3-9)14-11(8-13)6-1-7-11/h2-5H,1,6-7H2. The average Bonchev–Trinajstić information content (AvgIpc) is 2.15. The monoisotopic (exact) mass is 223 g/mol. The van der Waals surface area contributed by atoms with E-state index in [1.165, 1.54) is 6.42 Å². The van der Waals surface area contributed by atoms with Gasteiger partial charge in [-0.15, -0.1) is 11.8 Å². The van der Waals surface area contributed by atoms with Crippen LogP contribution in [0, 0.1) is 11.3 Å². The van der Waals surface area contributed by atoms with Crippen LogP contribution >= 0.6 is 23.4 Å². The molecular formula is C11H10ClNS. The molecule has 0 aromatic heterocycles. The Morgan fingerprint density at radius 2 is 1.93 bits per heavy atom. The van der Waals surface area contributed by atoms with E-state index < -0.39 is 0 Å². The van der Waals surface area contributed by atoms with Crippen LogP contribution in [0.5, 0.6) is 0 Å². The molecular weight excluding hydrogens is 214 g/mol. The van der Waals surface area contributed by atoms with Gasteiger partial charge >= 0.3 is 0 Å².